The lowest BCUT2D eigenvalue weighted by Crippen LogP contribution is -2.17. The molecular formula is C14H22FNOS. The van der Waals surface area contributed by atoms with E-state index < -0.39 is 6.10 Å². The molecular weight excluding hydrogens is 249 g/mol. The molecule has 0 aromatic heterocycles. The Morgan fingerprint density at radius 1 is 1.39 bits per heavy atom. The monoisotopic (exact) mass is 271 g/mol. The van der Waals surface area contributed by atoms with Crippen LogP contribution in [-0.2, 0) is 6.54 Å². The minimum absolute atomic E-state index is 0.0215. The molecule has 2 unspecified atom stereocenters. The summed E-state index contributed by atoms with van der Waals surface area (Å²) in [6, 6.07) is 5.14. The molecule has 2 nitrogen and oxygen atoms in total. The van der Waals surface area contributed by atoms with Gasteiger partial charge in [0.25, 0.3) is 0 Å². The summed E-state index contributed by atoms with van der Waals surface area (Å²) in [6.45, 7) is 7.33. The SMILES string of the molecule is CCCNCc1cccc(F)c1SC(C)C(C)O. The van der Waals surface area contributed by atoms with Crippen molar-refractivity contribution in [1.82, 2.24) is 5.32 Å². The molecule has 0 aliphatic rings. The van der Waals surface area contributed by atoms with Gasteiger partial charge in [0.15, 0.2) is 0 Å². The smallest absolute Gasteiger partial charge is 0.137 e. The zero-order valence-electron chi connectivity index (χ0n) is 11.2. The van der Waals surface area contributed by atoms with Gasteiger partial charge in [0.05, 0.1) is 6.10 Å². The zero-order chi connectivity index (χ0) is 13.5. The highest BCUT2D eigenvalue weighted by molar-refractivity contribution is 8.00. The van der Waals surface area contributed by atoms with E-state index in [0.29, 0.717) is 11.4 Å². The first-order chi connectivity index (χ1) is 8.56. The van der Waals surface area contributed by atoms with Crippen LogP contribution in [0.25, 0.3) is 0 Å². The topological polar surface area (TPSA) is 32.3 Å². The Hall–Kier alpha value is -0.580. The van der Waals surface area contributed by atoms with E-state index in [2.05, 4.69) is 12.2 Å². The number of rotatable bonds is 7. The van der Waals surface area contributed by atoms with E-state index in [-0.39, 0.29) is 11.1 Å². The number of hydrogen-bond donors (Lipinski definition) is 2. The number of aliphatic hydroxyl groups is 1. The Balaban J connectivity index is 2.80. The summed E-state index contributed by atoms with van der Waals surface area (Å²) in [5.41, 5.74) is 0.959. The maximum atomic E-state index is 13.9. The van der Waals surface area contributed by atoms with Crippen molar-refractivity contribution >= 4 is 11.8 Å². The van der Waals surface area contributed by atoms with Crippen molar-refractivity contribution in [1.29, 1.82) is 0 Å². The predicted molar refractivity (Wildman–Crippen MR) is 75.4 cm³/mol. The van der Waals surface area contributed by atoms with Gasteiger partial charge in [-0.2, -0.15) is 0 Å². The number of halogens is 1. The molecule has 1 aromatic carbocycles. The van der Waals surface area contributed by atoms with E-state index in [0.717, 1.165) is 18.5 Å². The Morgan fingerprint density at radius 3 is 2.72 bits per heavy atom. The van der Waals surface area contributed by atoms with Crippen LogP contribution < -0.4 is 5.32 Å². The standard InChI is InChI=1S/C14H22FNOS/c1-4-8-16-9-12-6-5-7-13(15)14(12)18-11(3)10(2)17/h5-7,10-11,16-17H,4,8-9H2,1-3H3. The summed E-state index contributed by atoms with van der Waals surface area (Å²) >= 11 is 1.40. The minimum atomic E-state index is -0.453. The quantitative estimate of drug-likeness (QED) is 0.590. The summed E-state index contributed by atoms with van der Waals surface area (Å²) in [6.07, 6.45) is 0.605. The van der Waals surface area contributed by atoms with E-state index >= 15 is 0 Å². The Kier molecular flexibility index (Phi) is 6.68. The third-order valence-corrected chi connectivity index (χ3v) is 4.23. The van der Waals surface area contributed by atoms with Gasteiger partial charge in [-0.3, -0.25) is 0 Å². The molecule has 0 amide bonds. The van der Waals surface area contributed by atoms with E-state index in [1.165, 1.54) is 17.8 Å². The molecule has 0 aliphatic carbocycles. The molecule has 4 heteroatoms. The molecule has 0 radical (unpaired) electrons. The fraction of sp³-hybridized carbons (Fsp3) is 0.571. The fourth-order valence-electron chi connectivity index (χ4n) is 1.51. The zero-order valence-corrected chi connectivity index (χ0v) is 12.1. The van der Waals surface area contributed by atoms with Gasteiger partial charge >= 0.3 is 0 Å². The molecule has 0 aliphatic heterocycles. The number of thioether (sulfide) groups is 1. The van der Waals surface area contributed by atoms with Crippen molar-refractivity contribution in [2.75, 3.05) is 6.54 Å². The van der Waals surface area contributed by atoms with Gasteiger partial charge in [0.1, 0.15) is 5.82 Å². The van der Waals surface area contributed by atoms with E-state index in [4.69, 9.17) is 0 Å². The van der Waals surface area contributed by atoms with Gasteiger partial charge in [-0.05, 0) is 31.5 Å². The molecule has 102 valence electrons. The van der Waals surface area contributed by atoms with Crippen LogP contribution in [-0.4, -0.2) is 23.0 Å². The number of hydrogen-bond acceptors (Lipinski definition) is 3. The van der Waals surface area contributed by atoms with Crippen molar-refractivity contribution < 1.29 is 9.50 Å². The summed E-state index contributed by atoms with van der Waals surface area (Å²) in [5.74, 6) is -0.205. The molecule has 0 heterocycles. The second-order valence-corrected chi connectivity index (χ2v) is 5.86. The van der Waals surface area contributed by atoms with Gasteiger partial charge in [-0.25, -0.2) is 4.39 Å². The van der Waals surface area contributed by atoms with Crippen LogP contribution >= 0.6 is 11.8 Å². The maximum Gasteiger partial charge on any atom is 0.137 e. The molecule has 2 N–H and O–H groups in total. The van der Waals surface area contributed by atoms with Crippen LogP contribution in [0.2, 0.25) is 0 Å². The molecule has 2 atom stereocenters. The van der Waals surface area contributed by atoms with Gasteiger partial charge in [-0.15, -0.1) is 11.8 Å². The number of nitrogens with one attached hydrogen (secondary N) is 1. The van der Waals surface area contributed by atoms with Crippen LogP contribution in [0, 0.1) is 5.82 Å². The van der Waals surface area contributed by atoms with Gasteiger partial charge in [0, 0.05) is 16.7 Å². The van der Waals surface area contributed by atoms with E-state index in [9.17, 15) is 9.50 Å². The van der Waals surface area contributed by atoms with Crippen molar-refractivity contribution in [2.24, 2.45) is 0 Å². The summed E-state index contributed by atoms with van der Waals surface area (Å²) in [5, 5.41) is 12.8. The van der Waals surface area contributed by atoms with Crippen molar-refractivity contribution in [2.45, 2.75) is 50.0 Å². The predicted octanol–water partition coefficient (Wildman–Crippen LogP) is 3.19. The highest BCUT2D eigenvalue weighted by Crippen LogP contribution is 2.31. The Labute approximate surface area is 113 Å². The van der Waals surface area contributed by atoms with Crippen LogP contribution in [0.1, 0.15) is 32.8 Å². The first kappa shape index (κ1) is 15.5. The van der Waals surface area contributed by atoms with Gasteiger partial charge in [0.2, 0.25) is 0 Å². The second kappa shape index (κ2) is 7.77. The summed E-state index contributed by atoms with van der Waals surface area (Å²) in [4.78, 5) is 0.648. The maximum absolute atomic E-state index is 13.9. The normalized spacial score (nSPS) is 14.5. The second-order valence-electron chi connectivity index (χ2n) is 4.47. The van der Waals surface area contributed by atoms with Crippen LogP contribution in [0.4, 0.5) is 4.39 Å². The molecule has 0 saturated carbocycles. The Bertz CT molecular complexity index is 371. The first-order valence-electron chi connectivity index (χ1n) is 6.39. The molecule has 1 aromatic rings. The summed E-state index contributed by atoms with van der Waals surface area (Å²) in [7, 11) is 0. The third-order valence-electron chi connectivity index (χ3n) is 2.77. The lowest BCUT2D eigenvalue weighted by molar-refractivity contribution is 0.196. The summed E-state index contributed by atoms with van der Waals surface area (Å²) < 4.78 is 13.9. The minimum Gasteiger partial charge on any atom is -0.392 e. The highest BCUT2D eigenvalue weighted by atomic mass is 32.2. The molecule has 1 rings (SSSR count). The van der Waals surface area contributed by atoms with Crippen molar-refractivity contribution in [3.05, 3.63) is 29.6 Å². The largest absolute Gasteiger partial charge is 0.392 e. The molecule has 0 bridgehead atoms. The molecule has 18 heavy (non-hydrogen) atoms. The third kappa shape index (κ3) is 4.59. The molecule has 0 fully saturated rings. The molecule has 0 saturated heterocycles. The Morgan fingerprint density at radius 2 is 2.11 bits per heavy atom. The lowest BCUT2D eigenvalue weighted by Gasteiger charge is -2.17. The van der Waals surface area contributed by atoms with Crippen molar-refractivity contribution in [3.63, 3.8) is 0 Å². The van der Waals surface area contributed by atoms with E-state index in [1.807, 2.05) is 13.0 Å². The first-order valence-corrected chi connectivity index (χ1v) is 7.27. The highest BCUT2D eigenvalue weighted by Gasteiger charge is 2.16. The number of aliphatic hydroxyl groups excluding tert-OH is 1. The lowest BCUT2D eigenvalue weighted by atomic mass is 10.2. The number of benzene rings is 1. The average molecular weight is 271 g/mol. The van der Waals surface area contributed by atoms with Crippen molar-refractivity contribution in [3.8, 4) is 0 Å². The van der Waals surface area contributed by atoms with E-state index in [1.54, 1.807) is 13.0 Å². The van der Waals surface area contributed by atoms with Gasteiger partial charge < -0.3 is 10.4 Å². The average Bonchev–Trinajstić information content (AvgIpc) is 2.33. The fourth-order valence-corrected chi connectivity index (χ4v) is 2.55. The molecule has 0 spiro atoms. The van der Waals surface area contributed by atoms with Gasteiger partial charge in [-0.1, -0.05) is 26.0 Å². The van der Waals surface area contributed by atoms with Crippen LogP contribution in [0.15, 0.2) is 23.1 Å². The van der Waals surface area contributed by atoms with Crippen LogP contribution in [0.3, 0.4) is 0 Å². The van der Waals surface area contributed by atoms with Crippen LogP contribution in [0.5, 0.6) is 0 Å².